The highest BCUT2D eigenvalue weighted by Gasteiger charge is 2.26. The molecule has 0 spiro atoms. The molecule has 0 aliphatic rings. The van der Waals surface area contributed by atoms with E-state index in [1.54, 1.807) is 20.8 Å². The monoisotopic (exact) mass is 284 g/mol. The van der Waals surface area contributed by atoms with Crippen LogP contribution in [0.15, 0.2) is 0 Å². The van der Waals surface area contributed by atoms with Crippen LogP contribution >= 0.6 is 11.8 Å². The van der Waals surface area contributed by atoms with Crippen molar-refractivity contribution in [2.75, 3.05) is 12.0 Å². The van der Waals surface area contributed by atoms with E-state index in [2.05, 4.69) is 9.44 Å². The lowest BCUT2D eigenvalue weighted by Crippen LogP contribution is -2.52. The summed E-state index contributed by atoms with van der Waals surface area (Å²) in [7, 11) is -3.80. The zero-order valence-electron chi connectivity index (χ0n) is 10.5. The van der Waals surface area contributed by atoms with Crippen molar-refractivity contribution in [3.63, 3.8) is 0 Å². The summed E-state index contributed by atoms with van der Waals surface area (Å²) in [4.78, 5) is 10.9. The molecule has 0 rings (SSSR count). The molecule has 0 saturated carbocycles. The molecule has 0 aliphatic heterocycles. The van der Waals surface area contributed by atoms with Crippen LogP contribution in [0.1, 0.15) is 27.2 Å². The summed E-state index contributed by atoms with van der Waals surface area (Å²) >= 11 is 1.47. The van der Waals surface area contributed by atoms with Crippen LogP contribution in [0.3, 0.4) is 0 Å². The minimum atomic E-state index is -3.80. The maximum Gasteiger partial charge on any atom is 0.321 e. The van der Waals surface area contributed by atoms with Gasteiger partial charge < -0.3 is 5.11 Å². The molecule has 0 heterocycles. The molecule has 102 valence electrons. The third kappa shape index (κ3) is 8.42. The van der Waals surface area contributed by atoms with E-state index in [-0.39, 0.29) is 6.42 Å². The predicted octanol–water partition coefficient (Wildman–Crippen LogP) is 0.415. The molecule has 0 aromatic carbocycles. The molecule has 3 N–H and O–H groups in total. The molecule has 0 aromatic rings. The van der Waals surface area contributed by atoms with Crippen molar-refractivity contribution in [3.8, 4) is 0 Å². The van der Waals surface area contributed by atoms with Gasteiger partial charge >= 0.3 is 5.97 Å². The van der Waals surface area contributed by atoms with Gasteiger partial charge in [-0.05, 0) is 39.2 Å². The zero-order valence-corrected chi connectivity index (χ0v) is 12.1. The van der Waals surface area contributed by atoms with Gasteiger partial charge in [0.1, 0.15) is 6.04 Å². The Bertz CT molecular complexity index is 348. The van der Waals surface area contributed by atoms with E-state index in [4.69, 9.17) is 5.11 Å². The van der Waals surface area contributed by atoms with E-state index >= 15 is 0 Å². The molecule has 6 nitrogen and oxygen atoms in total. The van der Waals surface area contributed by atoms with Gasteiger partial charge in [-0.15, -0.1) is 0 Å². The molecule has 0 bridgehead atoms. The Labute approximate surface area is 107 Å². The Morgan fingerprint density at radius 3 is 2.29 bits per heavy atom. The van der Waals surface area contributed by atoms with Crippen LogP contribution in [0.25, 0.3) is 0 Å². The highest BCUT2D eigenvalue weighted by molar-refractivity contribution is 7.98. The van der Waals surface area contributed by atoms with Crippen LogP contribution in [-0.4, -0.2) is 43.1 Å². The van der Waals surface area contributed by atoms with Gasteiger partial charge in [0.2, 0.25) is 0 Å². The standard InChI is InChI=1S/C9H20N2O4S2/c1-9(2,3)11-17(14,15)10-7(8(12)13)5-6-16-4/h7,10-11H,5-6H2,1-4H3,(H,12,13)/t7-/m1/s1. The molecule has 0 aliphatic carbocycles. The minimum absolute atomic E-state index is 0.252. The van der Waals surface area contributed by atoms with Gasteiger partial charge in [-0.1, -0.05) is 0 Å². The normalized spacial score (nSPS) is 14.6. The SMILES string of the molecule is CSCC[C@@H](NS(=O)(=O)NC(C)(C)C)C(=O)O. The van der Waals surface area contributed by atoms with Gasteiger partial charge in [0, 0.05) is 5.54 Å². The van der Waals surface area contributed by atoms with Crippen LogP contribution in [0.5, 0.6) is 0 Å². The van der Waals surface area contributed by atoms with Crippen molar-refractivity contribution in [2.24, 2.45) is 0 Å². The number of nitrogens with one attached hydrogen (secondary N) is 2. The summed E-state index contributed by atoms with van der Waals surface area (Å²) in [6, 6.07) is -1.10. The topological polar surface area (TPSA) is 95.5 Å². The molecule has 17 heavy (non-hydrogen) atoms. The lowest BCUT2D eigenvalue weighted by atomic mass is 10.1. The number of carbonyl (C=O) groups is 1. The summed E-state index contributed by atoms with van der Waals surface area (Å²) < 4.78 is 27.7. The van der Waals surface area contributed by atoms with Gasteiger partial charge in [0.25, 0.3) is 10.2 Å². The smallest absolute Gasteiger partial charge is 0.321 e. The molecule has 0 fully saturated rings. The van der Waals surface area contributed by atoms with Crippen LogP contribution in [-0.2, 0) is 15.0 Å². The maximum atomic E-state index is 11.6. The second-order valence-corrected chi connectivity index (χ2v) is 7.08. The van der Waals surface area contributed by atoms with Crippen LogP contribution < -0.4 is 9.44 Å². The van der Waals surface area contributed by atoms with E-state index in [9.17, 15) is 13.2 Å². The van der Waals surface area contributed by atoms with Gasteiger partial charge in [0.15, 0.2) is 0 Å². The molecule has 0 unspecified atom stereocenters. The van der Waals surface area contributed by atoms with Crippen molar-refractivity contribution in [3.05, 3.63) is 0 Å². The zero-order chi connectivity index (χ0) is 13.7. The van der Waals surface area contributed by atoms with Crippen molar-refractivity contribution in [1.29, 1.82) is 0 Å². The predicted molar refractivity (Wildman–Crippen MR) is 69.4 cm³/mol. The molecule has 0 aromatic heterocycles. The Kier molecular flexibility index (Phi) is 6.46. The average Bonchev–Trinajstić information content (AvgIpc) is 2.07. The highest BCUT2D eigenvalue weighted by Crippen LogP contribution is 2.05. The van der Waals surface area contributed by atoms with Gasteiger partial charge in [0.05, 0.1) is 0 Å². The first kappa shape index (κ1) is 16.7. The number of thioether (sulfide) groups is 1. The van der Waals surface area contributed by atoms with Gasteiger partial charge in [-0.3, -0.25) is 4.79 Å². The van der Waals surface area contributed by atoms with Crippen LogP contribution in [0.2, 0.25) is 0 Å². The Balaban J connectivity index is 4.59. The fourth-order valence-electron chi connectivity index (χ4n) is 1.09. The van der Waals surface area contributed by atoms with Crippen molar-refractivity contribution < 1.29 is 18.3 Å². The third-order valence-corrected chi connectivity index (χ3v) is 3.77. The second kappa shape index (κ2) is 6.58. The van der Waals surface area contributed by atoms with E-state index in [1.807, 2.05) is 6.26 Å². The Morgan fingerprint density at radius 1 is 1.41 bits per heavy atom. The van der Waals surface area contributed by atoms with E-state index in [1.165, 1.54) is 11.8 Å². The molecule has 8 heteroatoms. The number of aliphatic carboxylic acids is 1. The quantitative estimate of drug-likeness (QED) is 0.629. The lowest BCUT2D eigenvalue weighted by Gasteiger charge is -2.22. The summed E-state index contributed by atoms with van der Waals surface area (Å²) in [5.41, 5.74) is -0.644. The van der Waals surface area contributed by atoms with Crippen molar-refractivity contribution in [2.45, 2.75) is 38.8 Å². The second-order valence-electron chi connectivity index (χ2n) is 4.65. The number of rotatable bonds is 7. The lowest BCUT2D eigenvalue weighted by molar-refractivity contribution is -0.139. The molecular weight excluding hydrogens is 264 g/mol. The summed E-state index contributed by atoms with van der Waals surface area (Å²) in [6.07, 6.45) is 2.09. The first-order valence-electron chi connectivity index (χ1n) is 5.10. The fourth-order valence-corrected chi connectivity index (χ4v) is 3.02. The first-order chi connectivity index (χ1) is 7.57. The Hall–Kier alpha value is -0.310. The molecule has 0 amide bonds. The number of carboxylic acid groups (broad SMARTS) is 1. The largest absolute Gasteiger partial charge is 0.480 e. The number of carboxylic acids is 1. The maximum absolute atomic E-state index is 11.6. The molecular formula is C9H20N2O4S2. The first-order valence-corrected chi connectivity index (χ1v) is 7.98. The highest BCUT2D eigenvalue weighted by atomic mass is 32.2. The van der Waals surface area contributed by atoms with E-state index in [0.717, 1.165) is 0 Å². The number of hydrogen-bond acceptors (Lipinski definition) is 4. The van der Waals surface area contributed by atoms with E-state index in [0.29, 0.717) is 5.75 Å². The summed E-state index contributed by atoms with van der Waals surface area (Å²) in [6.45, 7) is 5.05. The van der Waals surface area contributed by atoms with Crippen LogP contribution in [0.4, 0.5) is 0 Å². The Morgan fingerprint density at radius 2 is 1.94 bits per heavy atom. The minimum Gasteiger partial charge on any atom is -0.480 e. The van der Waals surface area contributed by atoms with E-state index < -0.39 is 27.8 Å². The average molecular weight is 284 g/mol. The summed E-state index contributed by atoms with van der Waals surface area (Å²) in [5, 5.41) is 8.90. The van der Waals surface area contributed by atoms with Crippen molar-refractivity contribution >= 4 is 27.9 Å². The van der Waals surface area contributed by atoms with Crippen LogP contribution in [0, 0.1) is 0 Å². The third-order valence-electron chi connectivity index (χ3n) is 1.65. The van der Waals surface area contributed by atoms with Gasteiger partial charge in [-0.2, -0.15) is 29.6 Å². The molecule has 0 saturated heterocycles. The number of hydrogen-bond donors (Lipinski definition) is 3. The fraction of sp³-hybridized carbons (Fsp3) is 0.889. The summed E-state index contributed by atoms with van der Waals surface area (Å²) in [5.74, 6) is -0.590. The van der Waals surface area contributed by atoms with Crippen molar-refractivity contribution in [1.82, 2.24) is 9.44 Å². The molecule has 0 radical (unpaired) electrons. The molecule has 1 atom stereocenters. The van der Waals surface area contributed by atoms with Gasteiger partial charge in [-0.25, -0.2) is 0 Å².